The van der Waals surface area contributed by atoms with Gasteiger partial charge in [0.1, 0.15) is 5.82 Å². The Morgan fingerprint density at radius 1 is 1.19 bits per heavy atom. The highest BCUT2D eigenvalue weighted by Crippen LogP contribution is 2.21. The van der Waals surface area contributed by atoms with Crippen LogP contribution in [-0.2, 0) is 11.3 Å². The molecule has 6 nitrogen and oxygen atoms in total. The minimum absolute atomic E-state index is 0.192. The van der Waals surface area contributed by atoms with Crippen LogP contribution in [0.2, 0.25) is 0 Å². The number of aromatic nitrogens is 1. The van der Waals surface area contributed by atoms with Crippen molar-refractivity contribution >= 4 is 11.6 Å². The standard InChI is InChI=1S/C20H21FN2O4/c1-26-20-17(10-14(12-22-20)13-23-6-8-27-9-7-23)19(25)11-18(24)15-2-4-16(21)5-3-15/h2-5,10,12H,6-9,11,13H2,1H3. The van der Waals surface area contributed by atoms with Crippen LogP contribution in [-0.4, -0.2) is 54.9 Å². The lowest BCUT2D eigenvalue weighted by Gasteiger charge is -2.26. The molecule has 1 fully saturated rings. The van der Waals surface area contributed by atoms with E-state index in [1.165, 1.54) is 31.4 Å². The van der Waals surface area contributed by atoms with Crippen LogP contribution < -0.4 is 4.74 Å². The van der Waals surface area contributed by atoms with Gasteiger partial charge in [-0.25, -0.2) is 9.37 Å². The number of carbonyl (C=O) groups excluding carboxylic acids is 2. The molecule has 1 aromatic carbocycles. The quantitative estimate of drug-likeness (QED) is 0.550. The predicted molar refractivity (Wildman–Crippen MR) is 96.6 cm³/mol. The number of pyridine rings is 1. The van der Waals surface area contributed by atoms with E-state index in [1.54, 1.807) is 12.3 Å². The van der Waals surface area contributed by atoms with Crippen LogP contribution in [0.4, 0.5) is 4.39 Å². The number of hydrogen-bond acceptors (Lipinski definition) is 6. The summed E-state index contributed by atoms with van der Waals surface area (Å²) in [5.41, 5.74) is 1.44. The molecule has 0 unspecified atom stereocenters. The third-order valence-electron chi connectivity index (χ3n) is 4.40. The smallest absolute Gasteiger partial charge is 0.224 e. The van der Waals surface area contributed by atoms with Crippen molar-refractivity contribution < 1.29 is 23.5 Å². The van der Waals surface area contributed by atoms with Crippen molar-refractivity contribution in [3.8, 4) is 5.88 Å². The summed E-state index contributed by atoms with van der Waals surface area (Å²) in [7, 11) is 1.43. The van der Waals surface area contributed by atoms with E-state index in [9.17, 15) is 14.0 Å². The zero-order chi connectivity index (χ0) is 19.2. The van der Waals surface area contributed by atoms with Crippen molar-refractivity contribution in [2.24, 2.45) is 0 Å². The van der Waals surface area contributed by atoms with Gasteiger partial charge >= 0.3 is 0 Å². The SMILES string of the molecule is COc1ncc(CN2CCOCC2)cc1C(=O)CC(=O)c1ccc(F)cc1. The first kappa shape index (κ1) is 19.1. The van der Waals surface area contributed by atoms with E-state index in [0.29, 0.717) is 25.3 Å². The van der Waals surface area contributed by atoms with Crippen LogP contribution in [0, 0.1) is 5.82 Å². The number of halogens is 1. The number of carbonyl (C=O) groups is 2. The molecule has 0 N–H and O–H groups in total. The summed E-state index contributed by atoms with van der Waals surface area (Å²) in [6.07, 6.45) is 1.34. The van der Waals surface area contributed by atoms with Gasteiger partial charge in [-0.05, 0) is 35.9 Å². The lowest BCUT2D eigenvalue weighted by atomic mass is 10.0. The van der Waals surface area contributed by atoms with Crippen LogP contribution in [0.3, 0.4) is 0 Å². The second-order valence-electron chi connectivity index (χ2n) is 6.32. The summed E-state index contributed by atoms with van der Waals surface area (Å²) in [6, 6.07) is 6.86. The van der Waals surface area contributed by atoms with Gasteiger partial charge in [-0.3, -0.25) is 14.5 Å². The maximum Gasteiger partial charge on any atom is 0.224 e. The highest BCUT2D eigenvalue weighted by atomic mass is 19.1. The van der Waals surface area contributed by atoms with Crippen LogP contribution in [0.25, 0.3) is 0 Å². The van der Waals surface area contributed by atoms with Gasteiger partial charge in [-0.15, -0.1) is 0 Å². The average molecular weight is 372 g/mol. The van der Waals surface area contributed by atoms with Gasteiger partial charge in [0.15, 0.2) is 11.6 Å². The Hall–Kier alpha value is -2.64. The molecule has 0 atom stereocenters. The van der Waals surface area contributed by atoms with Crippen molar-refractivity contribution in [1.82, 2.24) is 9.88 Å². The molecule has 27 heavy (non-hydrogen) atoms. The summed E-state index contributed by atoms with van der Waals surface area (Å²) in [6.45, 7) is 3.65. The zero-order valence-corrected chi connectivity index (χ0v) is 15.1. The Morgan fingerprint density at radius 3 is 2.56 bits per heavy atom. The third kappa shape index (κ3) is 4.96. The van der Waals surface area contributed by atoms with E-state index in [0.717, 1.165) is 18.7 Å². The maximum atomic E-state index is 13.0. The number of benzene rings is 1. The summed E-state index contributed by atoms with van der Waals surface area (Å²) >= 11 is 0. The Labute approximate surface area is 156 Å². The molecule has 142 valence electrons. The molecule has 0 spiro atoms. The number of Topliss-reactive ketones (excluding diaryl/α,β-unsaturated/α-hetero) is 2. The van der Waals surface area contributed by atoms with Crippen LogP contribution in [0.1, 0.15) is 32.7 Å². The van der Waals surface area contributed by atoms with E-state index in [-0.39, 0.29) is 29.4 Å². The van der Waals surface area contributed by atoms with E-state index < -0.39 is 5.82 Å². The number of nitrogens with zero attached hydrogens (tertiary/aromatic N) is 2. The molecule has 2 heterocycles. The van der Waals surface area contributed by atoms with Crippen LogP contribution in [0.5, 0.6) is 5.88 Å². The normalized spacial score (nSPS) is 14.7. The molecule has 0 bridgehead atoms. The number of methoxy groups -OCH3 is 1. The van der Waals surface area contributed by atoms with E-state index in [4.69, 9.17) is 9.47 Å². The number of morpholine rings is 1. The van der Waals surface area contributed by atoms with Crippen molar-refractivity contribution in [1.29, 1.82) is 0 Å². The summed E-state index contributed by atoms with van der Waals surface area (Å²) in [5.74, 6) is -0.990. The minimum Gasteiger partial charge on any atom is -0.480 e. The molecule has 1 aliphatic heterocycles. The second-order valence-corrected chi connectivity index (χ2v) is 6.32. The predicted octanol–water partition coefficient (Wildman–Crippen LogP) is 2.52. The molecule has 1 aliphatic rings. The fraction of sp³-hybridized carbons (Fsp3) is 0.350. The average Bonchev–Trinajstić information content (AvgIpc) is 2.69. The molecule has 0 aliphatic carbocycles. The van der Waals surface area contributed by atoms with Gasteiger partial charge in [0.05, 0.1) is 32.3 Å². The molecule has 1 saturated heterocycles. The molecule has 2 aromatic rings. The Balaban J connectivity index is 1.74. The summed E-state index contributed by atoms with van der Waals surface area (Å²) in [4.78, 5) is 31.4. The molecule has 0 saturated carbocycles. The van der Waals surface area contributed by atoms with Gasteiger partial charge in [0.2, 0.25) is 5.88 Å². The first-order valence-electron chi connectivity index (χ1n) is 8.72. The Bertz CT molecular complexity index is 817. The largest absolute Gasteiger partial charge is 0.480 e. The van der Waals surface area contributed by atoms with Crippen molar-refractivity contribution in [3.63, 3.8) is 0 Å². The summed E-state index contributed by atoms with van der Waals surface area (Å²) in [5, 5.41) is 0. The highest BCUT2D eigenvalue weighted by molar-refractivity contribution is 6.14. The van der Waals surface area contributed by atoms with Gasteiger partial charge < -0.3 is 9.47 Å². The molecule has 7 heteroatoms. The number of ether oxygens (including phenoxy) is 2. The van der Waals surface area contributed by atoms with E-state index in [2.05, 4.69) is 9.88 Å². The highest BCUT2D eigenvalue weighted by Gasteiger charge is 2.20. The molecule has 0 amide bonds. The van der Waals surface area contributed by atoms with Gasteiger partial charge in [0, 0.05) is 31.4 Å². The second kappa shape index (κ2) is 8.83. The first-order valence-corrected chi connectivity index (χ1v) is 8.72. The van der Waals surface area contributed by atoms with Crippen LogP contribution in [0.15, 0.2) is 36.5 Å². The molecular formula is C20H21FN2O4. The monoisotopic (exact) mass is 372 g/mol. The number of rotatable bonds is 7. The van der Waals surface area contributed by atoms with E-state index >= 15 is 0 Å². The van der Waals surface area contributed by atoms with Crippen molar-refractivity contribution in [3.05, 3.63) is 59.0 Å². The summed E-state index contributed by atoms with van der Waals surface area (Å²) < 4.78 is 23.5. The molecule has 0 radical (unpaired) electrons. The van der Waals surface area contributed by atoms with Crippen LogP contribution >= 0.6 is 0 Å². The van der Waals surface area contributed by atoms with Crippen molar-refractivity contribution in [2.75, 3.05) is 33.4 Å². The first-order chi connectivity index (χ1) is 13.1. The molecule has 1 aromatic heterocycles. The number of hydrogen-bond donors (Lipinski definition) is 0. The Kier molecular flexibility index (Phi) is 6.26. The molecule has 3 rings (SSSR count). The minimum atomic E-state index is -0.431. The third-order valence-corrected chi connectivity index (χ3v) is 4.40. The van der Waals surface area contributed by atoms with E-state index in [1.807, 2.05) is 0 Å². The lowest BCUT2D eigenvalue weighted by Crippen LogP contribution is -2.35. The Morgan fingerprint density at radius 2 is 1.89 bits per heavy atom. The fourth-order valence-corrected chi connectivity index (χ4v) is 2.94. The van der Waals surface area contributed by atoms with Gasteiger partial charge in [-0.1, -0.05) is 0 Å². The maximum absolute atomic E-state index is 13.0. The lowest BCUT2D eigenvalue weighted by molar-refractivity contribution is 0.0341. The molecular weight excluding hydrogens is 351 g/mol. The zero-order valence-electron chi connectivity index (χ0n) is 15.1. The van der Waals surface area contributed by atoms with Crippen molar-refractivity contribution in [2.45, 2.75) is 13.0 Å². The topological polar surface area (TPSA) is 68.7 Å². The van der Waals surface area contributed by atoms with Gasteiger partial charge in [0.25, 0.3) is 0 Å². The fourth-order valence-electron chi connectivity index (χ4n) is 2.94. The number of ketones is 2. The van der Waals surface area contributed by atoms with Gasteiger partial charge in [-0.2, -0.15) is 0 Å².